The van der Waals surface area contributed by atoms with Gasteiger partial charge in [0.2, 0.25) is 0 Å². The molecule has 2 N–H and O–H groups in total. The van der Waals surface area contributed by atoms with Gasteiger partial charge in [0.25, 0.3) is 11.6 Å². The van der Waals surface area contributed by atoms with Crippen molar-refractivity contribution in [1.29, 1.82) is 0 Å². The molecule has 0 spiro atoms. The summed E-state index contributed by atoms with van der Waals surface area (Å²) in [7, 11) is -3.22. The van der Waals surface area contributed by atoms with E-state index in [1.165, 1.54) is 6.07 Å². The molecule has 0 aliphatic carbocycles. The number of nitro benzene ring substituents is 1. The Hall–Kier alpha value is -3.40. The lowest BCUT2D eigenvalue weighted by atomic mass is 10.0. The first-order valence-electron chi connectivity index (χ1n) is 10.4. The van der Waals surface area contributed by atoms with E-state index in [1.54, 1.807) is 37.3 Å². The number of aromatic amines is 1. The molecule has 0 radical (unpaired) electrons. The molecule has 9 nitrogen and oxygen atoms in total. The maximum absolute atomic E-state index is 12.7. The van der Waals surface area contributed by atoms with E-state index in [0.717, 1.165) is 31.6 Å². The zero-order chi connectivity index (χ0) is 22.9. The largest absolute Gasteiger partial charge is 0.371 e. The van der Waals surface area contributed by atoms with Crippen LogP contribution in [0.3, 0.4) is 0 Å². The van der Waals surface area contributed by atoms with Crippen molar-refractivity contribution in [3.05, 3.63) is 64.3 Å². The summed E-state index contributed by atoms with van der Waals surface area (Å²) >= 11 is 0. The maximum Gasteiger partial charge on any atom is 0.293 e. The minimum absolute atomic E-state index is 0.0140. The first kappa shape index (κ1) is 21.8. The number of nitrogens with one attached hydrogen (secondary N) is 2. The smallest absolute Gasteiger partial charge is 0.293 e. The Balaban J connectivity index is 1.38. The van der Waals surface area contributed by atoms with Gasteiger partial charge in [0, 0.05) is 36.3 Å². The lowest BCUT2D eigenvalue weighted by Crippen LogP contribution is -2.44. The van der Waals surface area contributed by atoms with Gasteiger partial charge in [-0.15, -0.1) is 0 Å². The van der Waals surface area contributed by atoms with E-state index in [2.05, 4.69) is 15.2 Å². The highest BCUT2D eigenvalue weighted by Crippen LogP contribution is 2.26. The molecule has 0 atom stereocenters. The van der Waals surface area contributed by atoms with Crippen LogP contribution in [0.4, 0.5) is 11.4 Å². The van der Waals surface area contributed by atoms with Gasteiger partial charge in [-0.25, -0.2) is 8.42 Å². The quantitative estimate of drug-likeness (QED) is 0.433. The van der Waals surface area contributed by atoms with Gasteiger partial charge >= 0.3 is 0 Å². The average molecular weight is 457 g/mol. The second kappa shape index (κ2) is 8.62. The van der Waals surface area contributed by atoms with Crippen LogP contribution in [-0.2, 0) is 9.84 Å². The zero-order valence-electron chi connectivity index (χ0n) is 17.6. The summed E-state index contributed by atoms with van der Waals surface area (Å²) in [4.78, 5) is 28.8. The number of para-hydroxylation sites is 1. The second-order valence-electron chi connectivity index (χ2n) is 7.81. The number of nitrogens with zero attached hydrogens (tertiary/aromatic N) is 2. The van der Waals surface area contributed by atoms with E-state index in [9.17, 15) is 23.3 Å². The number of rotatable bonds is 6. The molecular formula is C22H24N4O5S. The molecule has 1 saturated heterocycles. The fourth-order valence-electron chi connectivity index (χ4n) is 3.99. The fourth-order valence-corrected chi connectivity index (χ4v) is 4.87. The molecule has 4 rings (SSSR count). The third kappa shape index (κ3) is 4.31. The number of carbonyl (C=O) groups is 1. The topological polar surface area (TPSA) is 125 Å². The number of H-pyrrole nitrogens is 1. The van der Waals surface area contributed by atoms with Crippen LogP contribution in [-0.4, -0.2) is 49.1 Å². The first-order chi connectivity index (χ1) is 15.3. The molecule has 0 saturated carbocycles. The number of nitro groups is 1. The van der Waals surface area contributed by atoms with Crippen LogP contribution < -0.4 is 10.2 Å². The summed E-state index contributed by atoms with van der Waals surface area (Å²) in [5.74, 6) is -0.218. The number of aromatic nitrogens is 1. The molecule has 2 aromatic carbocycles. The van der Waals surface area contributed by atoms with E-state index in [-0.39, 0.29) is 23.4 Å². The minimum Gasteiger partial charge on any atom is -0.371 e. The summed E-state index contributed by atoms with van der Waals surface area (Å²) in [6.45, 7) is 3.07. The van der Waals surface area contributed by atoms with Gasteiger partial charge in [0.1, 0.15) is 11.2 Å². The molecule has 1 aliphatic rings. The molecule has 168 valence electrons. The van der Waals surface area contributed by atoms with Gasteiger partial charge in [-0.2, -0.15) is 0 Å². The van der Waals surface area contributed by atoms with E-state index in [0.29, 0.717) is 21.5 Å². The number of carbonyl (C=O) groups excluding carboxylic acids is 1. The Kier molecular flexibility index (Phi) is 5.88. The summed E-state index contributed by atoms with van der Waals surface area (Å²) in [6, 6.07) is 13.2. The van der Waals surface area contributed by atoms with Crippen molar-refractivity contribution >= 4 is 38.0 Å². The van der Waals surface area contributed by atoms with Crippen LogP contribution in [0.2, 0.25) is 0 Å². The van der Waals surface area contributed by atoms with Crippen molar-refractivity contribution in [3.8, 4) is 0 Å². The second-order valence-corrected chi connectivity index (χ2v) is 10.1. The van der Waals surface area contributed by atoms with Crippen molar-refractivity contribution in [2.45, 2.75) is 30.7 Å². The minimum atomic E-state index is -3.22. The molecule has 0 unspecified atom stereocenters. The molecule has 2 heterocycles. The lowest BCUT2D eigenvalue weighted by molar-refractivity contribution is -0.383. The van der Waals surface area contributed by atoms with Gasteiger partial charge in [0.15, 0.2) is 9.84 Å². The highest BCUT2D eigenvalue weighted by atomic mass is 32.2. The lowest BCUT2D eigenvalue weighted by Gasteiger charge is -2.34. The molecule has 1 aliphatic heterocycles. The number of hydrogen-bond acceptors (Lipinski definition) is 6. The number of hydrogen-bond donors (Lipinski definition) is 2. The average Bonchev–Trinajstić information content (AvgIpc) is 3.24. The van der Waals surface area contributed by atoms with Crippen molar-refractivity contribution in [2.24, 2.45) is 0 Å². The highest BCUT2D eigenvalue weighted by molar-refractivity contribution is 7.91. The molecule has 10 heteroatoms. The highest BCUT2D eigenvalue weighted by Gasteiger charge is 2.23. The van der Waals surface area contributed by atoms with Crippen molar-refractivity contribution in [1.82, 2.24) is 10.3 Å². The van der Waals surface area contributed by atoms with E-state index < -0.39 is 14.8 Å². The number of fused-ring (bicyclic) bond motifs is 1. The SMILES string of the molecule is CCS(=O)(=O)c1ccc(N2CCC(NC(=O)c3cc4cccc([N+](=O)[O-])c4[nH]3)CC2)cc1. The molecule has 1 amide bonds. The molecule has 32 heavy (non-hydrogen) atoms. The number of non-ortho nitro benzene ring substituents is 1. The summed E-state index contributed by atoms with van der Waals surface area (Å²) < 4.78 is 23.9. The Morgan fingerprint density at radius 2 is 1.88 bits per heavy atom. The fraction of sp³-hybridized carbons (Fsp3) is 0.318. The normalized spacial score (nSPS) is 15.1. The van der Waals surface area contributed by atoms with Crippen LogP contribution >= 0.6 is 0 Å². The Morgan fingerprint density at radius 3 is 2.50 bits per heavy atom. The third-order valence-electron chi connectivity index (χ3n) is 5.85. The molecule has 0 bridgehead atoms. The zero-order valence-corrected chi connectivity index (χ0v) is 18.4. The monoisotopic (exact) mass is 456 g/mol. The number of anilines is 1. The Labute approximate surface area is 185 Å². The molecule has 3 aromatic rings. The van der Waals surface area contributed by atoms with Gasteiger partial charge in [-0.05, 0) is 43.2 Å². The summed E-state index contributed by atoms with van der Waals surface area (Å²) in [6.07, 6.45) is 1.47. The summed E-state index contributed by atoms with van der Waals surface area (Å²) in [5.41, 5.74) is 1.52. The van der Waals surface area contributed by atoms with Gasteiger partial charge in [-0.3, -0.25) is 14.9 Å². The van der Waals surface area contributed by atoms with Gasteiger partial charge in [0.05, 0.1) is 15.6 Å². The number of benzene rings is 2. The summed E-state index contributed by atoms with van der Waals surface area (Å²) in [5, 5.41) is 14.8. The van der Waals surface area contributed by atoms with Crippen molar-refractivity contribution in [3.63, 3.8) is 0 Å². The van der Waals surface area contributed by atoms with Crippen LogP contribution in [0.1, 0.15) is 30.3 Å². The van der Waals surface area contributed by atoms with Crippen LogP contribution in [0, 0.1) is 10.1 Å². The standard InChI is InChI=1S/C22H24N4O5S/c1-2-32(30,31)18-8-6-17(7-9-18)25-12-10-16(11-13-25)23-22(27)19-14-15-4-3-5-20(26(28)29)21(15)24-19/h3-9,14,16,24H,2,10-13H2,1H3,(H,23,27). The van der Waals surface area contributed by atoms with Crippen molar-refractivity contribution < 1.29 is 18.1 Å². The van der Waals surface area contributed by atoms with Gasteiger partial charge in [-0.1, -0.05) is 19.1 Å². The van der Waals surface area contributed by atoms with Crippen LogP contribution in [0.5, 0.6) is 0 Å². The van der Waals surface area contributed by atoms with Gasteiger partial charge < -0.3 is 15.2 Å². The van der Waals surface area contributed by atoms with Crippen molar-refractivity contribution in [2.75, 3.05) is 23.7 Å². The predicted molar refractivity (Wildman–Crippen MR) is 122 cm³/mol. The molecule has 1 aromatic heterocycles. The number of amides is 1. The number of piperidine rings is 1. The Morgan fingerprint density at radius 1 is 1.19 bits per heavy atom. The molecular weight excluding hydrogens is 432 g/mol. The predicted octanol–water partition coefficient (Wildman–Crippen LogP) is 3.27. The van der Waals surface area contributed by atoms with Crippen LogP contribution in [0.25, 0.3) is 10.9 Å². The Bertz CT molecular complexity index is 1260. The first-order valence-corrected chi connectivity index (χ1v) is 12.1. The van der Waals surface area contributed by atoms with E-state index >= 15 is 0 Å². The number of sulfone groups is 1. The van der Waals surface area contributed by atoms with E-state index in [1.807, 2.05) is 12.1 Å². The molecule has 1 fully saturated rings. The third-order valence-corrected chi connectivity index (χ3v) is 7.60. The maximum atomic E-state index is 12.7. The van der Waals surface area contributed by atoms with Crippen LogP contribution in [0.15, 0.2) is 53.4 Å². The van der Waals surface area contributed by atoms with E-state index in [4.69, 9.17) is 0 Å².